The van der Waals surface area contributed by atoms with Crippen molar-refractivity contribution in [3.63, 3.8) is 0 Å². The number of H-pyrrole nitrogens is 1. The van der Waals surface area contributed by atoms with Crippen molar-refractivity contribution in [1.29, 1.82) is 0 Å². The molecule has 2 heterocycles. The Balaban J connectivity index is 1.63. The van der Waals surface area contributed by atoms with Crippen molar-refractivity contribution >= 4 is 22.2 Å². The van der Waals surface area contributed by atoms with Crippen LogP contribution in [0.5, 0.6) is 0 Å². The maximum Gasteiger partial charge on any atom is 0.258 e. The molecule has 0 saturated heterocycles. The van der Waals surface area contributed by atoms with Crippen LogP contribution in [-0.2, 0) is 6.54 Å². The number of aromatic amines is 1. The second kappa shape index (κ2) is 7.01. The van der Waals surface area contributed by atoms with E-state index in [4.69, 9.17) is 0 Å². The molecule has 0 unspecified atom stereocenters. The van der Waals surface area contributed by atoms with E-state index in [2.05, 4.69) is 38.9 Å². The molecule has 0 fully saturated rings. The summed E-state index contributed by atoms with van der Waals surface area (Å²) in [5.41, 5.74) is 1.80. The molecule has 4 rings (SSSR count). The Labute approximate surface area is 149 Å². The summed E-state index contributed by atoms with van der Waals surface area (Å²) < 4.78 is 0. The minimum atomic E-state index is -0.102. The van der Waals surface area contributed by atoms with E-state index < -0.39 is 0 Å². The van der Waals surface area contributed by atoms with Crippen molar-refractivity contribution in [2.45, 2.75) is 12.6 Å². The van der Waals surface area contributed by atoms with Gasteiger partial charge in [0, 0.05) is 4.88 Å². The summed E-state index contributed by atoms with van der Waals surface area (Å²) in [6.45, 7) is 0.484. The first-order chi connectivity index (χ1) is 12.3. The number of nitrogens with one attached hydrogen (secondary N) is 2. The predicted octanol–water partition coefficient (Wildman–Crippen LogP) is 3.86. The minimum Gasteiger partial charge on any atom is -0.309 e. The fourth-order valence-corrected chi connectivity index (χ4v) is 3.73. The highest BCUT2D eigenvalue weighted by molar-refractivity contribution is 7.10. The summed E-state index contributed by atoms with van der Waals surface area (Å²) in [5.74, 6) is 0.640. The Kier molecular flexibility index (Phi) is 4.41. The standard InChI is InChI=1S/C20H17N3OS/c24-20-15-9-4-5-10-16(15)22-18(23-20)13-21-19(17-11-6-12-25-17)14-7-2-1-3-8-14/h1-12,19,21H,13H2,(H,22,23,24)/t19-/m1/s1. The SMILES string of the molecule is O=c1[nH]c(CN[C@H](c2ccccc2)c2cccs2)nc2ccccc12. The van der Waals surface area contributed by atoms with Gasteiger partial charge in [-0.15, -0.1) is 11.3 Å². The summed E-state index contributed by atoms with van der Waals surface area (Å²) in [6, 6.07) is 21.9. The molecule has 25 heavy (non-hydrogen) atoms. The van der Waals surface area contributed by atoms with Crippen LogP contribution < -0.4 is 10.9 Å². The molecule has 0 radical (unpaired) electrons. The van der Waals surface area contributed by atoms with Gasteiger partial charge in [-0.3, -0.25) is 10.1 Å². The summed E-state index contributed by atoms with van der Waals surface area (Å²) in [4.78, 5) is 20.9. The van der Waals surface area contributed by atoms with E-state index in [1.807, 2.05) is 42.5 Å². The number of thiophene rings is 1. The fourth-order valence-electron chi connectivity index (χ4n) is 2.90. The molecule has 124 valence electrons. The highest BCUT2D eigenvalue weighted by Gasteiger charge is 2.15. The molecule has 0 aliphatic rings. The van der Waals surface area contributed by atoms with Crippen LogP contribution in [0, 0.1) is 0 Å². The van der Waals surface area contributed by atoms with Crippen molar-refractivity contribution in [1.82, 2.24) is 15.3 Å². The van der Waals surface area contributed by atoms with Crippen LogP contribution in [0.3, 0.4) is 0 Å². The number of benzene rings is 2. The van der Waals surface area contributed by atoms with Crippen molar-refractivity contribution < 1.29 is 0 Å². The molecule has 4 aromatic rings. The molecular weight excluding hydrogens is 330 g/mol. The third-order valence-electron chi connectivity index (χ3n) is 4.10. The molecule has 2 N–H and O–H groups in total. The number of hydrogen-bond donors (Lipinski definition) is 2. The van der Waals surface area contributed by atoms with E-state index in [0.29, 0.717) is 17.8 Å². The lowest BCUT2D eigenvalue weighted by atomic mass is 10.1. The van der Waals surface area contributed by atoms with E-state index >= 15 is 0 Å². The number of aromatic nitrogens is 2. The average Bonchev–Trinajstić information content (AvgIpc) is 3.17. The number of para-hydroxylation sites is 1. The van der Waals surface area contributed by atoms with Gasteiger partial charge in [-0.1, -0.05) is 48.5 Å². The van der Waals surface area contributed by atoms with Crippen LogP contribution in [0.25, 0.3) is 10.9 Å². The number of rotatable bonds is 5. The van der Waals surface area contributed by atoms with Gasteiger partial charge in [0.25, 0.3) is 5.56 Å². The molecule has 0 spiro atoms. The first-order valence-electron chi connectivity index (χ1n) is 8.11. The first-order valence-corrected chi connectivity index (χ1v) is 8.99. The summed E-state index contributed by atoms with van der Waals surface area (Å²) >= 11 is 1.71. The number of hydrogen-bond acceptors (Lipinski definition) is 4. The zero-order valence-corrected chi connectivity index (χ0v) is 14.3. The van der Waals surface area contributed by atoms with Gasteiger partial charge in [0.2, 0.25) is 0 Å². The fraction of sp³-hybridized carbons (Fsp3) is 0.100. The van der Waals surface area contributed by atoms with Gasteiger partial charge in [0.05, 0.1) is 23.5 Å². The predicted molar refractivity (Wildman–Crippen MR) is 102 cm³/mol. The lowest BCUT2D eigenvalue weighted by molar-refractivity contribution is 0.594. The molecule has 0 bridgehead atoms. The van der Waals surface area contributed by atoms with E-state index in [0.717, 1.165) is 5.52 Å². The Morgan fingerprint density at radius 3 is 2.60 bits per heavy atom. The van der Waals surface area contributed by atoms with Gasteiger partial charge in [-0.25, -0.2) is 4.98 Å². The minimum absolute atomic E-state index is 0.0676. The monoisotopic (exact) mass is 347 g/mol. The van der Waals surface area contributed by atoms with Gasteiger partial charge in [0.1, 0.15) is 5.82 Å². The Hall–Kier alpha value is -2.76. The summed E-state index contributed by atoms with van der Waals surface area (Å²) in [6.07, 6.45) is 0. The molecule has 0 amide bonds. The van der Waals surface area contributed by atoms with E-state index in [-0.39, 0.29) is 11.6 Å². The molecule has 2 aromatic heterocycles. The van der Waals surface area contributed by atoms with Crippen LogP contribution in [0.2, 0.25) is 0 Å². The maximum absolute atomic E-state index is 12.2. The van der Waals surface area contributed by atoms with Crippen LogP contribution >= 0.6 is 11.3 Å². The Morgan fingerprint density at radius 2 is 1.80 bits per heavy atom. The highest BCUT2D eigenvalue weighted by Crippen LogP contribution is 2.26. The molecule has 4 nitrogen and oxygen atoms in total. The van der Waals surface area contributed by atoms with E-state index in [9.17, 15) is 4.79 Å². The molecule has 1 atom stereocenters. The number of fused-ring (bicyclic) bond motifs is 1. The molecule has 0 saturated carbocycles. The zero-order chi connectivity index (χ0) is 17.1. The van der Waals surface area contributed by atoms with Crippen molar-refractivity contribution in [2.24, 2.45) is 0 Å². The van der Waals surface area contributed by atoms with Crippen LogP contribution in [0.15, 0.2) is 76.9 Å². The van der Waals surface area contributed by atoms with E-state index in [1.165, 1.54) is 10.4 Å². The largest absolute Gasteiger partial charge is 0.309 e. The van der Waals surface area contributed by atoms with Gasteiger partial charge in [-0.2, -0.15) is 0 Å². The third-order valence-corrected chi connectivity index (χ3v) is 5.03. The van der Waals surface area contributed by atoms with Gasteiger partial charge in [0.15, 0.2) is 0 Å². The van der Waals surface area contributed by atoms with Crippen molar-refractivity contribution in [3.8, 4) is 0 Å². The molecule has 5 heteroatoms. The summed E-state index contributed by atoms with van der Waals surface area (Å²) in [5, 5.41) is 6.21. The summed E-state index contributed by atoms with van der Waals surface area (Å²) in [7, 11) is 0. The Bertz CT molecular complexity index is 1030. The third kappa shape index (κ3) is 3.38. The first kappa shape index (κ1) is 15.7. The number of nitrogens with zero attached hydrogens (tertiary/aromatic N) is 1. The Morgan fingerprint density at radius 1 is 1.00 bits per heavy atom. The molecule has 2 aromatic carbocycles. The van der Waals surface area contributed by atoms with Crippen LogP contribution in [0.1, 0.15) is 22.3 Å². The zero-order valence-electron chi connectivity index (χ0n) is 13.5. The average molecular weight is 347 g/mol. The smallest absolute Gasteiger partial charge is 0.258 e. The lowest BCUT2D eigenvalue weighted by Gasteiger charge is -2.18. The maximum atomic E-state index is 12.2. The van der Waals surface area contributed by atoms with Gasteiger partial charge in [-0.05, 0) is 29.1 Å². The van der Waals surface area contributed by atoms with Crippen molar-refractivity contribution in [2.75, 3.05) is 0 Å². The lowest BCUT2D eigenvalue weighted by Crippen LogP contribution is -2.24. The van der Waals surface area contributed by atoms with E-state index in [1.54, 1.807) is 17.4 Å². The topological polar surface area (TPSA) is 57.8 Å². The molecular formula is C20H17N3OS. The van der Waals surface area contributed by atoms with Gasteiger partial charge < -0.3 is 4.98 Å². The second-order valence-electron chi connectivity index (χ2n) is 5.77. The van der Waals surface area contributed by atoms with Gasteiger partial charge >= 0.3 is 0 Å². The van der Waals surface area contributed by atoms with Crippen molar-refractivity contribution in [3.05, 3.63) is 98.7 Å². The molecule has 0 aliphatic carbocycles. The second-order valence-corrected chi connectivity index (χ2v) is 6.75. The van der Waals surface area contributed by atoms with Crippen LogP contribution in [-0.4, -0.2) is 9.97 Å². The quantitative estimate of drug-likeness (QED) is 0.576. The highest BCUT2D eigenvalue weighted by atomic mass is 32.1. The normalized spacial score (nSPS) is 12.3. The van der Waals surface area contributed by atoms with Crippen LogP contribution in [0.4, 0.5) is 0 Å². The molecule has 0 aliphatic heterocycles.